The fourth-order valence-corrected chi connectivity index (χ4v) is 20.6. The first-order valence-corrected chi connectivity index (χ1v) is 33.0. The molecule has 11 heteroatoms. The molecule has 0 unspecified atom stereocenters. The van der Waals surface area contributed by atoms with Crippen LogP contribution in [-0.2, 0) is 39.9 Å². The molecule has 7 aliphatic carbocycles. The monoisotopic (exact) mass is 1000 g/mol. The molecule has 9 nitrogen and oxygen atoms in total. The minimum Gasteiger partial charge on any atom is -0.462 e. The summed E-state index contributed by atoms with van der Waals surface area (Å²) >= 11 is 0. The van der Waals surface area contributed by atoms with Crippen LogP contribution in [0.1, 0.15) is 172 Å². The average Bonchev–Trinajstić information content (AvgIpc) is 3.90. The van der Waals surface area contributed by atoms with Crippen LogP contribution in [0.25, 0.3) is 0 Å². The molecule has 0 radical (unpaired) electrons. The van der Waals surface area contributed by atoms with E-state index in [4.69, 9.17) is 13.9 Å². The van der Waals surface area contributed by atoms with Gasteiger partial charge in [0, 0.05) is 36.6 Å². The number of sulfone groups is 1. The Labute approximate surface area is 426 Å². The van der Waals surface area contributed by atoms with Gasteiger partial charge in [0.15, 0.2) is 18.2 Å². The smallest absolute Gasteiger partial charge is 0.309 e. The highest BCUT2D eigenvalue weighted by atomic mass is 32.2. The van der Waals surface area contributed by atoms with Crippen molar-refractivity contribution in [3.63, 3.8) is 0 Å². The number of fused-ring (bicyclic) bond motifs is 7. The number of hydrogen-bond donors (Lipinski definition) is 1. The maximum atomic E-state index is 14.2. The van der Waals surface area contributed by atoms with E-state index in [0.29, 0.717) is 48.6 Å². The van der Waals surface area contributed by atoms with Gasteiger partial charge in [0.05, 0.1) is 29.4 Å². The number of carbonyl (C=O) groups is 2. The van der Waals surface area contributed by atoms with Gasteiger partial charge < -0.3 is 19.2 Å². The minimum absolute atomic E-state index is 0.00253. The lowest BCUT2D eigenvalue weighted by Crippen LogP contribution is -2.69. The van der Waals surface area contributed by atoms with E-state index in [9.17, 15) is 18.0 Å². The summed E-state index contributed by atoms with van der Waals surface area (Å²) < 4.78 is 45.1. The Balaban J connectivity index is 0.909. The van der Waals surface area contributed by atoms with Crippen LogP contribution in [0.15, 0.2) is 30.3 Å². The highest BCUT2D eigenvalue weighted by Crippen LogP contribution is 2.78. The summed E-state index contributed by atoms with van der Waals surface area (Å²) in [5, 5.41) is 4.58. The number of rotatable bonds is 13. The molecular formula is C59H96N2O7SSi. The van der Waals surface area contributed by atoms with Gasteiger partial charge in [-0.1, -0.05) is 106 Å². The topological polar surface area (TPSA) is 111 Å². The Morgan fingerprint density at radius 1 is 0.757 bits per heavy atom. The zero-order valence-electron chi connectivity index (χ0n) is 46.3. The van der Waals surface area contributed by atoms with Crippen molar-refractivity contribution in [2.45, 2.75) is 215 Å². The van der Waals surface area contributed by atoms with Gasteiger partial charge in [-0.25, -0.2) is 8.42 Å². The first-order chi connectivity index (χ1) is 32.4. The quantitative estimate of drug-likeness (QED) is 0.153. The van der Waals surface area contributed by atoms with E-state index in [1.807, 2.05) is 44.2 Å². The van der Waals surface area contributed by atoms with Crippen molar-refractivity contribution in [1.82, 2.24) is 10.2 Å². The van der Waals surface area contributed by atoms with Gasteiger partial charge in [-0.3, -0.25) is 14.5 Å². The lowest BCUT2D eigenvalue weighted by Gasteiger charge is -2.73. The number of ether oxygens (including phenoxy) is 2. The summed E-state index contributed by atoms with van der Waals surface area (Å²) in [4.78, 5) is 29.9. The van der Waals surface area contributed by atoms with Crippen molar-refractivity contribution < 1.29 is 31.9 Å². The summed E-state index contributed by atoms with van der Waals surface area (Å²) in [5.41, 5.74) is 1.43. The fraction of sp³-hybridized carbons (Fsp3) is 0.864. The zero-order valence-corrected chi connectivity index (χ0v) is 48.1. The molecule has 0 spiro atoms. The molecule has 0 aromatic heterocycles. The van der Waals surface area contributed by atoms with Gasteiger partial charge in [0.25, 0.3) is 0 Å². The summed E-state index contributed by atoms with van der Waals surface area (Å²) in [6.45, 7) is 35.9. The van der Waals surface area contributed by atoms with Gasteiger partial charge in [0.2, 0.25) is 0 Å². The van der Waals surface area contributed by atoms with Crippen LogP contribution < -0.4 is 5.32 Å². The normalized spacial score (nSPS) is 41.3. The summed E-state index contributed by atoms with van der Waals surface area (Å²) in [7, 11) is -5.09. The highest BCUT2D eigenvalue weighted by Gasteiger charge is 2.73. The van der Waals surface area contributed by atoms with E-state index in [0.717, 1.165) is 30.9 Å². The molecule has 7 saturated carbocycles. The zero-order chi connectivity index (χ0) is 50.9. The Hall–Kier alpha value is -1.79. The van der Waals surface area contributed by atoms with E-state index in [2.05, 4.69) is 92.5 Å². The molecule has 1 aliphatic heterocycles. The predicted molar refractivity (Wildman–Crippen MR) is 283 cm³/mol. The van der Waals surface area contributed by atoms with Crippen LogP contribution in [0.2, 0.25) is 18.1 Å². The molecule has 8 fully saturated rings. The third-order valence-corrected chi connectivity index (χ3v) is 30.1. The Morgan fingerprint density at radius 3 is 2.04 bits per heavy atom. The van der Waals surface area contributed by atoms with Crippen molar-refractivity contribution in [1.29, 1.82) is 0 Å². The van der Waals surface area contributed by atoms with Crippen LogP contribution in [0.3, 0.4) is 0 Å². The first kappa shape index (κ1) is 53.0. The van der Waals surface area contributed by atoms with E-state index < -0.39 is 23.6 Å². The van der Waals surface area contributed by atoms with Gasteiger partial charge in [-0.15, -0.1) is 0 Å². The van der Waals surface area contributed by atoms with Gasteiger partial charge in [-0.05, 0) is 171 Å². The number of esters is 2. The first-order valence-electron chi connectivity index (χ1n) is 28.2. The van der Waals surface area contributed by atoms with E-state index in [-0.39, 0.29) is 92.4 Å². The highest BCUT2D eigenvalue weighted by molar-refractivity contribution is 7.91. The molecule has 1 aromatic carbocycles. The number of carbonyl (C=O) groups excluding carboxylic acids is 2. The number of benzene rings is 1. The molecule has 9 rings (SSSR count). The van der Waals surface area contributed by atoms with E-state index in [1.165, 1.54) is 64.2 Å². The predicted octanol–water partition coefficient (Wildman–Crippen LogP) is 12.0. The number of nitrogens with one attached hydrogen (secondary N) is 1. The largest absolute Gasteiger partial charge is 0.462 e. The van der Waals surface area contributed by atoms with Crippen LogP contribution in [-0.4, -0.2) is 88.5 Å². The summed E-state index contributed by atoms with van der Waals surface area (Å²) in [5.74, 6) is 2.62. The molecule has 1 heterocycles. The minimum atomic E-state index is -3.01. The van der Waals surface area contributed by atoms with Crippen molar-refractivity contribution in [3.05, 3.63) is 35.9 Å². The van der Waals surface area contributed by atoms with Crippen molar-refractivity contribution in [2.24, 2.45) is 73.9 Å². The molecule has 8 aliphatic rings. The SMILES string of the molecule is C[C@H](O[Si](C)(C)C(C)(C)C)[C@H](CN[C@]12CC[C@@H](C3(C)CC3)[C@@H]1[C@H]1CC[C@@H]3[C@@]4(C)CC[C@H](OC(=O)[C@H]5C[C@@H](C(=O)OCc6ccccc6)C5(C)C)C(C)(C)[C@@H]4CC[C@@]3(C)[C@]1(C)CC2)N1CCS(=O)(=O)CC1. The van der Waals surface area contributed by atoms with Crippen molar-refractivity contribution in [2.75, 3.05) is 31.1 Å². The lowest BCUT2D eigenvalue weighted by atomic mass is 9.32. The summed E-state index contributed by atoms with van der Waals surface area (Å²) in [6.07, 6.45) is 15.1. The maximum Gasteiger partial charge on any atom is 0.309 e. The average molecular weight is 1010 g/mol. The second kappa shape index (κ2) is 17.9. The third-order valence-electron chi connectivity index (χ3n) is 24.0. The second-order valence-electron chi connectivity index (χ2n) is 28.9. The Kier molecular flexibility index (Phi) is 13.6. The molecule has 1 saturated heterocycles. The standard InChI is InChI=1S/C59H96N2O7SSi/c1-39(68-70(13,14)52(2,3)4)45(61-32-34-69(64,65)35-33-61)37-60-59-27-22-41(55(9)28-29-55)49(59)42-20-21-47-56(10)25-24-48(54(7,8)46(56)23-26-58(47,12)57(42,11)30-31-59)67-51(63)44-36-43(53(44,5)6)50(62)66-38-40-18-16-15-17-19-40/h15-19,39,41-49,60H,20-38H2,1-14H3/t39-,41+,42+,43-,44+,45-,46-,47+,48-,49+,56-,57+,58+,59-/m0/s1. The molecule has 1 aromatic rings. The maximum absolute atomic E-state index is 14.2. The van der Waals surface area contributed by atoms with Gasteiger partial charge in [0.1, 0.15) is 12.7 Å². The number of hydrogen-bond acceptors (Lipinski definition) is 9. The number of nitrogens with zero attached hydrogens (tertiary/aromatic N) is 1. The van der Waals surface area contributed by atoms with Crippen molar-refractivity contribution in [3.8, 4) is 0 Å². The molecule has 0 amide bonds. The van der Waals surface area contributed by atoms with E-state index in [1.54, 1.807) is 0 Å². The third kappa shape index (κ3) is 8.77. The van der Waals surface area contributed by atoms with Crippen LogP contribution in [0, 0.1) is 73.9 Å². The molecule has 14 atom stereocenters. The van der Waals surface area contributed by atoms with Crippen LogP contribution in [0.5, 0.6) is 0 Å². The Bertz CT molecular complexity index is 2220. The fourth-order valence-electron chi connectivity index (χ4n) is 17.9. The molecule has 70 heavy (non-hydrogen) atoms. The molecular weight excluding hydrogens is 909 g/mol. The lowest BCUT2D eigenvalue weighted by molar-refractivity contribution is -0.250. The van der Waals surface area contributed by atoms with Crippen LogP contribution >= 0.6 is 0 Å². The molecule has 0 bridgehead atoms. The van der Waals surface area contributed by atoms with Gasteiger partial charge >= 0.3 is 11.9 Å². The van der Waals surface area contributed by atoms with E-state index >= 15 is 0 Å². The molecule has 394 valence electrons. The second-order valence-corrected chi connectivity index (χ2v) is 36.0. The van der Waals surface area contributed by atoms with Crippen molar-refractivity contribution >= 4 is 30.1 Å². The van der Waals surface area contributed by atoms with Gasteiger partial charge in [-0.2, -0.15) is 0 Å². The summed E-state index contributed by atoms with van der Waals surface area (Å²) in [6, 6.07) is 9.92. The Morgan fingerprint density at radius 2 is 1.41 bits per heavy atom. The molecule has 1 N–H and O–H groups in total. The van der Waals surface area contributed by atoms with Crippen LogP contribution in [0.4, 0.5) is 0 Å².